The maximum absolute atomic E-state index is 5.75. The zero-order valence-corrected chi connectivity index (χ0v) is 8.38. The lowest BCUT2D eigenvalue weighted by Gasteiger charge is -2.59. The highest BCUT2D eigenvalue weighted by Gasteiger charge is 2.52. The maximum atomic E-state index is 5.75. The van der Waals surface area contributed by atoms with Gasteiger partial charge in [0.25, 0.3) is 0 Å². The van der Waals surface area contributed by atoms with Crippen molar-refractivity contribution in [3.05, 3.63) is 0 Å². The van der Waals surface area contributed by atoms with E-state index in [1.165, 1.54) is 0 Å². The standard InChI is InChI=1S/C9H18N2O2/c1-8(12-2)4-11(5-8)9(3-10)6-13-7-9/h3-7,10H2,1-2H3. The highest BCUT2D eigenvalue weighted by atomic mass is 16.5. The van der Waals surface area contributed by atoms with E-state index in [2.05, 4.69) is 11.8 Å². The molecular weight excluding hydrogens is 168 g/mol. The van der Waals surface area contributed by atoms with E-state index in [0.29, 0.717) is 6.54 Å². The average Bonchev–Trinajstić information content (AvgIpc) is 2.00. The van der Waals surface area contributed by atoms with Gasteiger partial charge in [0.05, 0.1) is 24.4 Å². The Morgan fingerprint density at radius 2 is 2.08 bits per heavy atom. The monoisotopic (exact) mass is 186 g/mol. The van der Waals surface area contributed by atoms with Gasteiger partial charge in [-0.1, -0.05) is 0 Å². The van der Waals surface area contributed by atoms with Crippen molar-refractivity contribution in [1.82, 2.24) is 4.90 Å². The fourth-order valence-corrected chi connectivity index (χ4v) is 1.99. The lowest BCUT2D eigenvalue weighted by Crippen LogP contribution is -2.76. The van der Waals surface area contributed by atoms with Crippen molar-refractivity contribution in [2.75, 3.05) is 40.0 Å². The third-order valence-electron chi connectivity index (χ3n) is 3.34. The van der Waals surface area contributed by atoms with Gasteiger partial charge in [0.1, 0.15) is 0 Å². The average molecular weight is 186 g/mol. The van der Waals surface area contributed by atoms with Crippen molar-refractivity contribution in [3.63, 3.8) is 0 Å². The molecule has 2 fully saturated rings. The Morgan fingerprint density at radius 3 is 2.38 bits per heavy atom. The Hall–Kier alpha value is -0.160. The molecule has 0 unspecified atom stereocenters. The van der Waals surface area contributed by atoms with E-state index in [-0.39, 0.29) is 11.1 Å². The summed E-state index contributed by atoms with van der Waals surface area (Å²) >= 11 is 0. The number of nitrogens with zero attached hydrogens (tertiary/aromatic N) is 1. The van der Waals surface area contributed by atoms with Crippen LogP contribution < -0.4 is 5.73 Å². The van der Waals surface area contributed by atoms with Crippen molar-refractivity contribution in [2.24, 2.45) is 5.73 Å². The van der Waals surface area contributed by atoms with Crippen molar-refractivity contribution in [1.29, 1.82) is 0 Å². The molecule has 4 heteroatoms. The first kappa shape index (κ1) is 9.40. The largest absolute Gasteiger partial charge is 0.377 e. The third kappa shape index (κ3) is 1.29. The van der Waals surface area contributed by atoms with Crippen LogP contribution in [0.15, 0.2) is 0 Å². The van der Waals surface area contributed by atoms with Crippen LogP contribution in [0.3, 0.4) is 0 Å². The van der Waals surface area contributed by atoms with Gasteiger partial charge in [0.2, 0.25) is 0 Å². The molecule has 2 aliphatic heterocycles. The molecule has 0 amide bonds. The van der Waals surface area contributed by atoms with Gasteiger partial charge in [0, 0.05) is 26.7 Å². The van der Waals surface area contributed by atoms with E-state index < -0.39 is 0 Å². The molecule has 0 atom stereocenters. The molecule has 0 saturated carbocycles. The van der Waals surface area contributed by atoms with E-state index >= 15 is 0 Å². The van der Waals surface area contributed by atoms with Crippen molar-refractivity contribution >= 4 is 0 Å². The number of ether oxygens (including phenoxy) is 2. The summed E-state index contributed by atoms with van der Waals surface area (Å²) in [5.41, 5.74) is 5.91. The molecule has 13 heavy (non-hydrogen) atoms. The van der Waals surface area contributed by atoms with Crippen LogP contribution in [-0.2, 0) is 9.47 Å². The lowest BCUT2D eigenvalue weighted by molar-refractivity contribution is -0.215. The number of likely N-dealkylation sites (tertiary alicyclic amines) is 1. The molecule has 0 radical (unpaired) electrons. The van der Waals surface area contributed by atoms with Gasteiger partial charge in [0.15, 0.2) is 0 Å². The Bertz CT molecular complexity index is 192. The van der Waals surface area contributed by atoms with E-state index in [4.69, 9.17) is 15.2 Å². The quantitative estimate of drug-likeness (QED) is 0.641. The molecule has 2 aliphatic rings. The summed E-state index contributed by atoms with van der Waals surface area (Å²) in [4.78, 5) is 2.38. The van der Waals surface area contributed by atoms with Crippen LogP contribution in [0.2, 0.25) is 0 Å². The Labute approximate surface area is 79.0 Å². The summed E-state index contributed by atoms with van der Waals surface area (Å²) in [6.07, 6.45) is 0. The highest BCUT2D eigenvalue weighted by molar-refractivity contribution is 5.07. The second kappa shape index (κ2) is 2.92. The number of hydrogen-bond donors (Lipinski definition) is 1. The normalized spacial score (nSPS) is 30.7. The van der Waals surface area contributed by atoms with Crippen LogP contribution in [0.1, 0.15) is 6.92 Å². The lowest BCUT2D eigenvalue weighted by atomic mass is 9.85. The smallest absolute Gasteiger partial charge is 0.0903 e. The summed E-state index contributed by atoms with van der Waals surface area (Å²) in [7, 11) is 1.77. The maximum Gasteiger partial charge on any atom is 0.0903 e. The number of rotatable bonds is 3. The first-order valence-corrected chi connectivity index (χ1v) is 4.72. The second-order valence-electron chi connectivity index (χ2n) is 4.43. The van der Waals surface area contributed by atoms with Crippen LogP contribution in [0.4, 0.5) is 0 Å². The van der Waals surface area contributed by atoms with Gasteiger partial charge in [-0.15, -0.1) is 0 Å². The number of nitrogens with two attached hydrogens (primary N) is 1. The minimum Gasteiger partial charge on any atom is -0.377 e. The Balaban J connectivity index is 1.91. The van der Waals surface area contributed by atoms with Gasteiger partial charge >= 0.3 is 0 Å². The van der Waals surface area contributed by atoms with E-state index in [1.54, 1.807) is 7.11 Å². The van der Waals surface area contributed by atoms with Gasteiger partial charge in [-0.05, 0) is 6.92 Å². The van der Waals surface area contributed by atoms with Crippen molar-refractivity contribution in [3.8, 4) is 0 Å². The highest BCUT2D eigenvalue weighted by Crippen LogP contribution is 2.34. The molecule has 4 nitrogen and oxygen atoms in total. The summed E-state index contributed by atoms with van der Waals surface area (Å²) in [6, 6.07) is 0. The molecule has 0 aromatic carbocycles. The van der Waals surface area contributed by atoms with E-state index in [0.717, 1.165) is 26.3 Å². The van der Waals surface area contributed by atoms with E-state index in [1.807, 2.05) is 0 Å². The molecular formula is C9H18N2O2. The van der Waals surface area contributed by atoms with Crippen LogP contribution in [-0.4, -0.2) is 56.0 Å². The summed E-state index contributed by atoms with van der Waals surface area (Å²) in [5.74, 6) is 0. The number of methoxy groups -OCH3 is 1. The summed E-state index contributed by atoms with van der Waals surface area (Å²) in [6.45, 7) is 6.33. The van der Waals surface area contributed by atoms with Gasteiger partial charge in [-0.25, -0.2) is 0 Å². The Morgan fingerprint density at radius 1 is 1.46 bits per heavy atom. The molecule has 0 spiro atoms. The molecule has 76 valence electrons. The third-order valence-corrected chi connectivity index (χ3v) is 3.34. The van der Waals surface area contributed by atoms with Gasteiger partial charge in [-0.2, -0.15) is 0 Å². The summed E-state index contributed by atoms with van der Waals surface area (Å²) in [5, 5.41) is 0. The van der Waals surface area contributed by atoms with Gasteiger partial charge < -0.3 is 15.2 Å². The van der Waals surface area contributed by atoms with Crippen LogP contribution in [0.25, 0.3) is 0 Å². The molecule has 0 aliphatic carbocycles. The molecule has 2 saturated heterocycles. The van der Waals surface area contributed by atoms with Crippen LogP contribution in [0.5, 0.6) is 0 Å². The summed E-state index contributed by atoms with van der Waals surface area (Å²) < 4.78 is 10.6. The number of hydrogen-bond acceptors (Lipinski definition) is 4. The second-order valence-corrected chi connectivity index (χ2v) is 4.43. The topological polar surface area (TPSA) is 47.7 Å². The van der Waals surface area contributed by atoms with Crippen LogP contribution in [0, 0.1) is 0 Å². The fourth-order valence-electron chi connectivity index (χ4n) is 1.99. The molecule has 2 N–H and O–H groups in total. The zero-order valence-electron chi connectivity index (χ0n) is 8.38. The van der Waals surface area contributed by atoms with E-state index in [9.17, 15) is 0 Å². The molecule has 2 rings (SSSR count). The predicted molar refractivity (Wildman–Crippen MR) is 49.6 cm³/mol. The molecule has 0 bridgehead atoms. The van der Waals surface area contributed by atoms with Crippen LogP contribution >= 0.6 is 0 Å². The Kier molecular flexibility index (Phi) is 2.11. The molecule has 0 aromatic rings. The predicted octanol–water partition coefficient (Wildman–Crippen LogP) is -0.565. The van der Waals surface area contributed by atoms with Gasteiger partial charge in [-0.3, -0.25) is 4.90 Å². The first-order valence-electron chi connectivity index (χ1n) is 4.72. The minimum absolute atomic E-state index is 0.0394. The fraction of sp³-hybridized carbons (Fsp3) is 1.00. The first-order chi connectivity index (χ1) is 6.14. The molecule has 0 aromatic heterocycles. The SMILES string of the molecule is COC1(C)CN(C2(CN)COC2)C1. The minimum atomic E-state index is 0.0394. The van der Waals surface area contributed by atoms with Crippen molar-refractivity contribution < 1.29 is 9.47 Å². The molecule has 2 heterocycles. The zero-order chi connectivity index (χ0) is 9.53. The van der Waals surface area contributed by atoms with Crippen molar-refractivity contribution in [2.45, 2.75) is 18.1 Å².